The highest BCUT2D eigenvalue weighted by atomic mass is 35.5. The molecule has 2 N–H and O–H groups in total. The Kier molecular flexibility index (Phi) is 9.47. The minimum atomic E-state index is -0.104. The van der Waals surface area contributed by atoms with E-state index in [-0.39, 0.29) is 11.9 Å². The van der Waals surface area contributed by atoms with Crippen LogP contribution >= 0.6 is 11.6 Å². The number of nitrogens with zero attached hydrogens (tertiary/aromatic N) is 2. The second-order valence-corrected chi connectivity index (χ2v) is 9.49. The Morgan fingerprint density at radius 2 is 1.87 bits per heavy atom. The molecule has 1 heterocycles. The van der Waals surface area contributed by atoms with Crippen LogP contribution in [0.3, 0.4) is 0 Å². The van der Waals surface area contributed by atoms with Crippen molar-refractivity contribution < 1.29 is 9.59 Å². The molecule has 2 aliphatic rings. The Labute approximate surface area is 191 Å². The number of halogens is 1. The molecule has 1 saturated heterocycles. The van der Waals surface area contributed by atoms with Gasteiger partial charge in [-0.2, -0.15) is 0 Å². The molecule has 172 valence electrons. The molecule has 6 nitrogen and oxygen atoms in total. The lowest BCUT2D eigenvalue weighted by Gasteiger charge is -2.32. The number of anilines is 1. The second-order valence-electron chi connectivity index (χ2n) is 9.05. The van der Waals surface area contributed by atoms with E-state index in [1.54, 1.807) is 12.1 Å². The maximum atomic E-state index is 12.4. The monoisotopic (exact) mass is 448 g/mol. The van der Waals surface area contributed by atoms with Crippen molar-refractivity contribution in [1.29, 1.82) is 0 Å². The van der Waals surface area contributed by atoms with Crippen molar-refractivity contribution >= 4 is 29.2 Å². The zero-order chi connectivity index (χ0) is 22.1. The Morgan fingerprint density at radius 1 is 1.13 bits per heavy atom. The fraction of sp³-hybridized carbons (Fsp3) is 0.667. The molecule has 1 saturated carbocycles. The normalized spacial score (nSPS) is 18.2. The van der Waals surface area contributed by atoms with E-state index >= 15 is 0 Å². The van der Waals surface area contributed by atoms with Crippen molar-refractivity contribution in [3.63, 3.8) is 0 Å². The summed E-state index contributed by atoms with van der Waals surface area (Å²) in [7, 11) is 2.22. The summed E-state index contributed by atoms with van der Waals surface area (Å²) in [6.07, 6.45) is 10.0. The summed E-state index contributed by atoms with van der Waals surface area (Å²) >= 11 is 5.97. The highest BCUT2D eigenvalue weighted by Gasteiger charge is 2.24. The number of rotatable bonds is 8. The van der Waals surface area contributed by atoms with Gasteiger partial charge in [0.1, 0.15) is 0 Å². The van der Waals surface area contributed by atoms with E-state index in [1.165, 1.54) is 32.1 Å². The van der Waals surface area contributed by atoms with Gasteiger partial charge in [0, 0.05) is 42.8 Å². The Balaban J connectivity index is 1.27. The van der Waals surface area contributed by atoms with Gasteiger partial charge in [0.25, 0.3) is 0 Å². The van der Waals surface area contributed by atoms with Crippen molar-refractivity contribution in [3.8, 4) is 0 Å². The number of amides is 3. The largest absolute Gasteiger partial charge is 0.356 e. The molecule has 1 aliphatic heterocycles. The third kappa shape index (κ3) is 8.00. The molecule has 0 unspecified atom stereocenters. The van der Waals surface area contributed by atoms with Crippen LogP contribution in [0.1, 0.15) is 57.8 Å². The van der Waals surface area contributed by atoms with Crippen molar-refractivity contribution in [2.24, 2.45) is 5.92 Å². The van der Waals surface area contributed by atoms with Crippen LogP contribution in [0, 0.1) is 5.92 Å². The molecule has 1 aliphatic carbocycles. The molecule has 7 heteroatoms. The highest BCUT2D eigenvalue weighted by molar-refractivity contribution is 6.30. The molecule has 0 spiro atoms. The SMILES string of the molecule is CN(CCCNC(=O)CC1CCN(C(=O)Nc2cccc(Cl)c2)CC1)C1CCCCC1. The first-order valence-corrected chi connectivity index (χ1v) is 12.2. The van der Waals surface area contributed by atoms with Crippen molar-refractivity contribution in [3.05, 3.63) is 29.3 Å². The van der Waals surface area contributed by atoms with E-state index in [0.717, 1.165) is 38.4 Å². The number of hydrogen-bond acceptors (Lipinski definition) is 3. The van der Waals surface area contributed by atoms with Crippen LogP contribution in [0.2, 0.25) is 5.02 Å². The fourth-order valence-corrected chi connectivity index (χ4v) is 4.89. The number of carbonyl (C=O) groups excluding carboxylic acids is 2. The number of hydrogen-bond donors (Lipinski definition) is 2. The third-order valence-corrected chi connectivity index (χ3v) is 6.89. The quantitative estimate of drug-likeness (QED) is 0.564. The van der Waals surface area contributed by atoms with Crippen LogP contribution < -0.4 is 10.6 Å². The van der Waals surface area contributed by atoms with Crippen LogP contribution in [0.15, 0.2) is 24.3 Å². The van der Waals surface area contributed by atoms with Gasteiger partial charge in [-0.05, 0) is 69.8 Å². The molecule has 3 amide bonds. The molecule has 0 radical (unpaired) electrons. The zero-order valence-corrected chi connectivity index (χ0v) is 19.5. The summed E-state index contributed by atoms with van der Waals surface area (Å²) in [5.41, 5.74) is 0.702. The van der Waals surface area contributed by atoms with Crippen LogP contribution in [0.5, 0.6) is 0 Å². The van der Waals surface area contributed by atoms with Crippen LogP contribution in [-0.2, 0) is 4.79 Å². The first kappa shape index (κ1) is 23.9. The maximum Gasteiger partial charge on any atom is 0.321 e. The van der Waals surface area contributed by atoms with Crippen LogP contribution in [0.4, 0.5) is 10.5 Å². The molecule has 0 bridgehead atoms. The Hall–Kier alpha value is -1.79. The van der Waals surface area contributed by atoms with Gasteiger partial charge >= 0.3 is 6.03 Å². The van der Waals surface area contributed by atoms with Gasteiger partial charge in [-0.3, -0.25) is 4.79 Å². The van der Waals surface area contributed by atoms with Gasteiger partial charge in [-0.1, -0.05) is 36.9 Å². The van der Waals surface area contributed by atoms with E-state index in [4.69, 9.17) is 11.6 Å². The average molecular weight is 449 g/mol. The molecule has 1 aromatic rings. The molecule has 1 aromatic carbocycles. The van der Waals surface area contributed by atoms with E-state index < -0.39 is 0 Å². The summed E-state index contributed by atoms with van der Waals surface area (Å²) in [6.45, 7) is 3.15. The molecule has 0 atom stereocenters. The minimum Gasteiger partial charge on any atom is -0.356 e. The Morgan fingerprint density at radius 3 is 2.58 bits per heavy atom. The summed E-state index contributed by atoms with van der Waals surface area (Å²) < 4.78 is 0. The van der Waals surface area contributed by atoms with E-state index in [1.807, 2.05) is 17.0 Å². The number of likely N-dealkylation sites (tertiary alicyclic amines) is 1. The third-order valence-electron chi connectivity index (χ3n) is 6.66. The van der Waals surface area contributed by atoms with Crippen molar-refractivity contribution in [2.75, 3.05) is 38.5 Å². The number of nitrogens with one attached hydrogen (secondary N) is 2. The van der Waals surface area contributed by atoms with Gasteiger partial charge in [-0.15, -0.1) is 0 Å². The minimum absolute atomic E-state index is 0.104. The topological polar surface area (TPSA) is 64.7 Å². The smallest absolute Gasteiger partial charge is 0.321 e. The summed E-state index contributed by atoms with van der Waals surface area (Å²) in [5.74, 6) is 0.488. The van der Waals surface area contributed by atoms with Gasteiger partial charge in [-0.25, -0.2) is 4.79 Å². The van der Waals surface area contributed by atoms with Gasteiger partial charge in [0.05, 0.1) is 0 Å². The predicted molar refractivity (Wildman–Crippen MR) is 127 cm³/mol. The lowest BCUT2D eigenvalue weighted by Crippen LogP contribution is -2.42. The highest BCUT2D eigenvalue weighted by Crippen LogP contribution is 2.23. The fourth-order valence-electron chi connectivity index (χ4n) is 4.70. The number of benzene rings is 1. The van der Waals surface area contributed by atoms with Gasteiger partial charge in [0.15, 0.2) is 0 Å². The summed E-state index contributed by atoms with van der Waals surface area (Å²) in [6, 6.07) is 7.79. The first-order valence-electron chi connectivity index (χ1n) is 11.8. The van der Waals surface area contributed by atoms with E-state index in [0.29, 0.717) is 36.1 Å². The van der Waals surface area contributed by atoms with Crippen molar-refractivity contribution in [2.45, 2.75) is 63.8 Å². The summed E-state index contributed by atoms with van der Waals surface area (Å²) in [4.78, 5) is 29.0. The molecular weight excluding hydrogens is 412 g/mol. The number of carbonyl (C=O) groups is 2. The maximum absolute atomic E-state index is 12.4. The number of piperidine rings is 1. The Bertz CT molecular complexity index is 715. The first-order chi connectivity index (χ1) is 15.0. The standard InChI is InChI=1S/C24H37ClN4O2/c1-28(22-9-3-2-4-10-22)14-6-13-26-23(30)17-19-11-15-29(16-12-19)24(31)27-21-8-5-7-20(25)18-21/h5,7-8,18-19,22H,2-4,6,9-17H2,1H3,(H,26,30)(H,27,31). The van der Waals surface area contributed by atoms with E-state index in [2.05, 4.69) is 22.6 Å². The molecule has 2 fully saturated rings. The van der Waals surface area contributed by atoms with Crippen LogP contribution in [0.25, 0.3) is 0 Å². The number of urea groups is 1. The average Bonchev–Trinajstić information content (AvgIpc) is 2.77. The van der Waals surface area contributed by atoms with Crippen molar-refractivity contribution in [1.82, 2.24) is 15.1 Å². The zero-order valence-electron chi connectivity index (χ0n) is 18.7. The second kappa shape index (κ2) is 12.3. The predicted octanol–water partition coefficient (Wildman–Crippen LogP) is 4.74. The molecule has 31 heavy (non-hydrogen) atoms. The van der Waals surface area contributed by atoms with Crippen LogP contribution in [-0.4, -0.2) is 61.0 Å². The van der Waals surface area contributed by atoms with Gasteiger partial charge < -0.3 is 20.4 Å². The lowest BCUT2D eigenvalue weighted by atomic mass is 9.93. The molecule has 3 rings (SSSR count). The molecule has 0 aromatic heterocycles. The summed E-state index contributed by atoms with van der Waals surface area (Å²) in [5, 5.41) is 6.58. The van der Waals surface area contributed by atoms with Gasteiger partial charge in [0.2, 0.25) is 5.91 Å². The lowest BCUT2D eigenvalue weighted by molar-refractivity contribution is -0.122. The molecular formula is C24H37ClN4O2. The van der Waals surface area contributed by atoms with E-state index in [9.17, 15) is 9.59 Å².